The number of morpholine rings is 1. The van der Waals surface area contributed by atoms with E-state index in [-0.39, 0.29) is 30.0 Å². The number of hydrogen-bond acceptors (Lipinski definition) is 4. The first kappa shape index (κ1) is 17.8. The molecule has 0 bridgehead atoms. The second-order valence-corrected chi connectivity index (χ2v) is 6.58. The van der Waals surface area contributed by atoms with Crippen molar-refractivity contribution >= 4 is 17.5 Å². The Morgan fingerprint density at radius 1 is 1.36 bits per heavy atom. The number of nitrogens with one attached hydrogen (secondary N) is 1. The number of amides is 2. The normalized spacial score (nSPS) is 21.6. The first-order chi connectivity index (χ1) is 12.0. The van der Waals surface area contributed by atoms with Crippen LogP contribution in [0.15, 0.2) is 18.2 Å². The number of hydrogen-bond donors (Lipinski definition) is 1. The van der Waals surface area contributed by atoms with Crippen LogP contribution in [0.25, 0.3) is 0 Å². The molecule has 0 radical (unpaired) electrons. The third kappa shape index (κ3) is 4.35. The van der Waals surface area contributed by atoms with Gasteiger partial charge in [0, 0.05) is 44.8 Å². The van der Waals surface area contributed by atoms with Gasteiger partial charge in [0.1, 0.15) is 5.82 Å². The second-order valence-electron chi connectivity index (χ2n) is 6.58. The molecule has 1 aromatic carbocycles. The fourth-order valence-corrected chi connectivity index (χ4v) is 3.19. The summed E-state index contributed by atoms with van der Waals surface area (Å²) in [5, 5.41) is 2.91. The zero-order valence-corrected chi connectivity index (χ0v) is 14.5. The highest BCUT2D eigenvalue weighted by Crippen LogP contribution is 2.26. The van der Waals surface area contributed by atoms with E-state index < -0.39 is 0 Å². The molecule has 2 aliphatic heterocycles. The van der Waals surface area contributed by atoms with E-state index in [4.69, 9.17) is 4.74 Å². The van der Waals surface area contributed by atoms with Crippen LogP contribution in [0.1, 0.15) is 12.0 Å². The smallest absolute Gasteiger partial charge is 0.227 e. The fourth-order valence-electron chi connectivity index (χ4n) is 3.19. The average Bonchev–Trinajstić information content (AvgIpc) is 3.00. The van der Waals surface area contributed by atoms with Crippen LogP contribution in [0, 0.1) is 18.7 Å². The minimum Gasteiger partial charge on any atom is -0.379 e. The van der Waals surface area contributed by atoms with Gasteiger partial charge in [0.2, 0.25) is 11.8 Å². The van der Waals surface area contributed by atoms with E-state index >= 15 is 0 Å². The molecule has 1 atom stereocenters. The summed E-state index contributed by atoms with van der Waals surface area (Å²) < 4.78 is 19.0. The number of aryl methyl sites for hydroxylation is 1. The first-order valence-corrected chi connectivity index (χ1v) is 8.69. The second kappa shape index (κ2) is 7.93. The number of ether oxygens (including phenoxy) is 1. The van der Waals surface area contributed by atoms with Crippen LogP contribution in [-0.4, -0.2) is 62.7 Å². The molecule has 2 heterocycles. The zero-order chi connectivity index (χ0) is 17.8. The predicted molar refractivity (Wildman–Crippen MR) is 91.9 cm³/mol. The summed E-state index contributed by atoms with van der Waals surface area (Å²) in [6.45, 7) is 6.53. The van der Waals surface area contributed by atoms with E-state index in [9.17, 15) is 14.0 Å². The van der Waals surface area contributed by atoms with Crippen molar-refractivity contribution in [3.8, 4) is 0 Å². The molecule has 0 unspecified atom stereocenters. The highest BCUT2D eigenvalue weighted by Gasteiger charge is 2.35. The van der Waals surface area contributed by atoms with Gasteiger partial charge in [-0.25, -0.2) is 4.39 Å². The van der Waals surface area contributed by atoms with Crippen molar-refractivity contribution in [1.29, 1.82) is 0 Å². The van der Waals surface area contributed by atoms with Crippen LogP contribution in [0.2, 0.25) is 0 Å². The maximum absolute atomic E-state index is 13.7. The van der Waals surface area contributed by atoms with E-state index in [1.54, 1.807) is 19.1 Å². The number of nitrogens with zero attached hydrogens (tertiary/aromatic N) is 2. The van der Waals surface area contributed by atoms with Gasteiger partial charge >= 0.3 is 0 Å². The Bertz CT molecular complexity index is 646. The fraction of sp³-hybridized carbons (Fsp3) is 0.556. The molecule has 0 spiro atoms. The van der Waals surface area contributed by atoms with Crippen molar-refractivity contribution in [2.45, 2.75) is 13.3 Å². The van der Waals surface area contributed by atoms with E-state index in [1.165, 1.54) is 11.0 Å². The number of carbonyl (C=O) groups is 2. The van der Waals surface area contributed by atoms with Crippen LogP contribution in [-0.2, 0) is 14.3 Å². The van der Waals surface area contributed by atoms with Gasteiger partial charge in [0.25, 0.3) is 0 Å². The molecule has 2 amide bonds. The summed E-state index contributed by atoms with van der Waals surface area (Å²) in [5.41, 5.74) is 1.05. The van der Waals surface area contributed by atoms with Crippen molar-refractivity contribution in [3.63, 3.8) is 0 Å². The molecule has 0 aromatic heterocycles. The molecule has 2 aliphatic rings. The highest BCUT2D eigenvalue weighted by atomic mass is 19.1. The maximum Gasteiger partial charge on any atom is 0.227 e. The molecule has 0 aliphatic carbocycles. The summed E-state index contributed by atoms with van der Waals surface area (Å²) in [4.78, 5) is 28.3. The van der Waals surface area contributed by atoms with Crippen molar-refractivity contribution in [2.75, 3.05) is 50.8 Å². The molecule has 6 nitrogen and oxygen atoms in total. The lowest BCUT2D eigenvalue weighted by molar-refractivity contribution is -0.126. The molecule has 7 heteroatoms. The molecule has 1 N–H and O–H groups in total. The Morgan fingerprint density at radius 2 is 2.12 bits per heavy atom. The standard InChI is InChI=1S/C18H24FN3O3/c1-13-2-3-15(11-16(13)19)22-12-14(10-17(22)23)18(24)20-4-5-21-6-8-25-9-7-21/h2-3,11,14H,4-10,12H2,1H3,(H,20,24)/t14-/m0/s1. The van der Waals surface area contributed by atoms with Crippen LogP contribution in [0.5, 0.6) is 0 Å². The van der Waals surface area contributed by atoms with Gasteiger partial charge in [-0.2, -0.15) is 0 Å². The number of halogens is 1. The largest absolute Gasteiger partial charge is 0.379 e. The lowest BCUT2D eigenvalue weighted by Crippen LogP contribution is -2.42. The average molecular weight is 349 g/mol. The van der Waals surface area contributed by atoms with Crippen LogP contribution in [0.3, 0.4) is 0 Å². The maximum atomic E-state index is 13.7. The van der Waals surface area contributed by atoms with Crippen LogP contribution < -0.4 is 10.2 Å². The predicted octanol–water partition coefficient (Wildman–Crippen LogP) is 0.935. The topological polar surface area (TPSA) is 61.9 Å². The van der Waals surface area contributed by atoms with Gasteiger partial charge in [0.15, 0.2) is 0 Å². The van der Waals surface area contributed by atoms with Crippen molar-refractivity contribution in [1.82, 2.24) is 10.2 Å². The summed E-state index contributed by atoms with van der Waals surface area (Å²) >= 11 is 0. The Labute approximate surface area is 146 Å². The van der Waals surface area contributed by atoms with Gasteiger partial charge in [-0.3, -0.25) is 14.5 Å². The third-order valence-electron chi connectivity index (χ3n) is 4.79. The summed E-state index contributed by atoms with van der Waals surface area (Å²) in [7, 11) is 0. The molecule has 2 fully saturated rings. The lowest BCUT2D eigenvalue weighted by atomic mass is 10.1. The Kier molecular flexibility index (Phi) is 5.65. The lowest BCUT2D eigenvalue weighted by Gasteiger charge is -2.26. The molecular weight excluding hydrogens is 325 g/mol. The molecule has 0 saturated carbocycles. The van der Waals surface area contributed by atoms with Gasteiger partial charge in [0.05, 0.1) is 19.1 Å². The van der Waals surface area contributed by atoms with Crippen molar-refractivity contribution < 1.29 is 18.7 Å². The van der Waals surface area contributed by atoms with Gasteiger partial charge in [-0.15, -0.1) is 0 Å². The van der Waals surface area contributed by atoms with E-state index in [0.717, 1.165) is 32.8 Å². The summed E-state index contributed by atoms with van der Waals surface area (Å²) in [6.07, 6.45) is 0.166. The number of rotatable bonds is 5. The molecule has 3 rings (SSSR count). The minimum absolute atomic E-state index is 0.114. The van der Waals surface area contributed by atoms with Gasteiger partial charge < -0.3 is 15.0 Å². The number of anilines is 1. The number of carbonyl (C=O) groups excluding carboxylic acids is 2. The highest BCUT2D eigenvalue weighted by molar-refractivity contribution is 6.00. The Balaban J connectivity index is 1.50. The van der Waals surface area contributed by atoms with Crippen LogP contribution >= 0.6 is 0 Å². The molecule has 136 valence electrons. The Hall–Kier alpha value is -1.99. The molecule has 2 saturated heterocycles. The van der Waals surface area contributed by atoms with E-state index in [2.05, 4.69) is 10.2 Å². The number of benzene rings is 1. The Morgan fingerprint density at radius 3 is 2.84 bits per heavy atom. The molecule has 25 heavy (non-hydrogen) atoms. The zero-order valence-electron chi connectivity index (χ0n) is 14.5. The quantitative estimate of drug-likeness (QED) is 0.859. The SMILES string of the molecule is Cc1ccc(N2C[C@@H](C(=O)NCCN3CCOCC3)CC2=O)cc1F. The van der Waals surface area contributed by atoms with Gasteiger partial charge in [-0.1, -0.05) is 6.07 Å². The van der Waals surface area contributed by atoms with Crippen molar-refractivity contribution in [2.24, 2.45) is 5.92 Å². The minimum atomic E-state index is -0.387. The van der Waals surface area contributed by atoms with Crippen molar-refractivity contribution in [3.05, 3.63) is 29.6 Å². The van der Waals surface area contributed by atoms with Crippen LogP contribution in [0.4, 0.5) is 10.1 Å². The van der Waals surface area contributed by atoms with Gasteiger partial charge in [-0.05, 0) is 24.6 Å². The monoisotopic (exact) mass is 349 g/mol. The molecular formula is C18H24FN3O3. The molecule has 1 aromatic rings. The summed E-state index contributed by atoms with van der Waals surface area (Å²) in [6, 6.07) is 4.72. The van der Waals surface area contributed by atoms with E-state index in [0.29, 0.717) is 24.3 Å². The first-order valence-electron chi connectivity index (χ1n) is 8.69. The summed E-state index contributed by atoms with van der Waals surface area (Å²) in [5.74, 6) is -0.987. The van der Waals surface area contributed by atoms with E-state index in [1.807, 2.05) is 0 Å². The third-order valence-corrected chi connectivity index (χ3v) is 4.79.